The van der Waals surface area contributed by atoms with E-state index >= 15 is 0 Å². The smallest absolute Gasteiger partial charge is 0.0149 e. The number of hydrogen-bond acceptors (Lipinski definition) is 0. The highest BCUT2D eigenvalue weighted by molar-refractivity contribution is 7.59. The Labute approximate surface area is 310 Å². The van der Waals surface area contributed by atoms with Gasteiger partial charge in [0.05, 0.1) is 0 Å². The van der Waals surface area contributed by atoms with E-state index in [9.17, 15) is 0 Å². The molecule has 2 heteroatoms. The molecule has 0 saturated heterocycles. The minimum absolute atomic E-state index is 0.224. The zero-order chi connectivity index (χ0) is 32.2. The third-order valence-electron chi connectivity index (χ3n) is 21.2. The van der Waals surface area contributed by atoms with Gasteiger partial charge in [-0.25, -0.2) is 0 Å². The average molecular weight is 713 g/mol. The fourth-order valence-corrected chi connectivity index (χ4v) is 31.0. The van der Waals surface area contributed by atoms with E-state index in [1.54, 1.807) is 154 Å². The van der Waals surface area contributed by atoms with Crippen LogP contribution >= 0.6 is 15.8 Å². The van der Waals surface area contributed by atoms with Crippen LogP contribution in [0.5, 0.6) is 0 Å². The predicted octanol–water partition coefficient (Wildman–Crippen LogP) is 13.1. The Morgan fingerprint density at radius 1 is 0.260 bits per heavy atom. The van der Waals surface area contributed by atoms with Crippen LogP contribution < -0.4 is 0 Å². The molecule has 17 rings (SSSR count). The van der Waals surface area contributed by atoms with Gasteiger partial charge in [-0.2, -0.15) is 0 Å². The van der Waals surface area contributed by atoms with Crippen molar-refractivity contribution < 1.29 is 0 Å². The molecule has 276 valence electrons. The lowest BCUT2D eigenvalue weighted by Crippen LogP contribution is -2.54. The summed E-state index contributed by atoms with van der Waals surface area (Å²) >= 11 is 0. The summed E-state index contributed by atoms with van der Waals surface area (Å²) < 4.78 is 0. The first-order valence-corrected chi connectivity index (χ1v) is 27.5. The SMILES string of the molecule is C1CCC(CP(C2C3CC4CC(C3)CC2C4)C2C3CC4CC(C3)CC2C4)C(CP(C2C3CC4CC(C3)CC2C4)C2C3CC4CC(C3)CC2C4)C1. The van der Waals surface area contributed by atoms with Crippen LogP contribution in [0.1, 0.15) is 154 Å². The van der Waals surface area contributed by atoms with Gasteiger partial charge in [0.1, 0.15) is 0 Å². The van der Waals surface area contributed by atoms with E-state index in [1.807, 2.05) is 12.3 Å². The number of hydrogen-bond donors (Lipinski definition) is 0. The van der Waals surface area contributed by atoms with Crippen molar-refractivity contribution in [3.63, 3.8) is 0 Å². The molecule has 0 aliphatic heterocycles. The second-order valence-corrected chi connectivity index (χ2v) is 29.1. The van der Waals surface area contributed by atoms with Crippen molar-refractivity contribution in [1.29, 1.82) is 0 Å². The van der Waals surface area contributed by atoms with Crippen LogP contribution in [-0.4, -0.2) is 35.0 Å². The van der Waals surface area contributed by atoms with E-state index in [0.717, 1.165) is 59.2 Å². The molecule has 0 spiro atoms. The van der Waals surface area contributed by atoms with Gasteiger partial charge in [0.2, 0.25) is 0 Å². The second kappa shape index (κ2) is 12.2. The summed E-state index contributed by atoms with van der Waals surface area (Å²) in [7, 11) is 0.448. The summed E-state index contributed by atoms with van der Waals surface area (Å²) in [6, 6.07) is 0. The summed E-state index contributed by atoms with van der Waals surface area (Å²) in [5.74, 6) is 21.1. The van der Waals surface area contributed by atoms with Crippen molar-refractivity contribution in [1.82, 2.24) is 0 Å². The van der Waals surface area contributed by atoms with Crippen LogP contribution in [0.2, 0.25) is 0 Å². The van der Waals surface area contributed by atoms with Crippen LogP contribution in [0.15, 0.2) is 0 Å². The molecule has 17 fully saturated rings. The second-order valence-electron chi connectivity index (χ2n) is 23.9. The zero-order valence-electron chi connectivity index (χ0n) is 32.0. The van der Waals surface area contributed by atoms with E-state index < -0.39 is 0 Å². The Kier molecular flexibility index (Phi) is 7.79. The Bertz CT molecular complexity index is 1010. The van der Waals surface area contributed by atoms with E-state index in [1.165, 1.54) is 70.0 Å². The van der Waals surface area contributed by atoms with E-state index in [0.29, 0.717) is 0 Å². The lowest BCUT2D eigenvalue weighted by Gasteiger charge is -2.63. The molecule has 17 saturated carbocycles. The van der Waals surface area contributed by atoms with Crippen molar-refractivity contribution in [3.8, 4) is 0 Å². The summed E-state index contributed by atoms with van der Waals surface area (Å²) in [6.07, 6.45) is 44.0. The Hall–Kier alpha value is 0.860. The van der Waals surface area contributed by atoms with Gasteiger partial charge in [-0.15, -0.1) is 0 Å². The molecule has 0 radical (unpaired) electrons. The van der Waals surface area contributed by atoms with Gasteiger partial charge in [-0.1, -0.05) is 28.7 Å². The lowest BCUT2D eigenvalue weighted by molar-refractivity contribution is 0.0120. The normalized spacial score (nSPS) is 61.7. The molecule has 0 aromatic rings. The quantitative estimate of drug-likeness (QED) is 0.220. The van der Waals surface area contributed by atoms with Gasteiger partial charge in [0.25, 0.3) is 0 Å². The van der Waals surface area contributed by atoms with Crippen molar-refractivity contribution in [2.75, 3.05) is 12.3 Å². The monoisotopic (exact) mass is 713 g/mol. The first kappa shape index (κ1) is 32.0. The van der Waals surface area contributed by atoms with Gasteiger partial charge in [0.15, 0.2) is 0 Å². The van der Waals surface area contributed by atoms with Crippen LogP contribution in [0.4, 0.5) is 0 Å². The third-order valence-corrected chi connectivity index (χ3v) is 29.4. The Morgan fingerprint density at radius 2 is 0.460 bits per heavy atom. The summed E-state index contributed by atoms with van der Waals surface area (Å²) in [4.78, 5) is 0. The summed E-state index contributed by atoms with van der Waals surface area (Å²) in [5.41, 5.74) is 4.94. The molecule has 0 nitrogen and oxygen atoms in total. The molecule has 16 bridgehead atoms. The molecule has 0 N–H and O–H groups in total. The maximum Gasteiger partial charge on any atom is -0.0149 e. The van der Waals surface area contributed by atoms with Gasteiger partial charge >= 0.3 is 0 Å². The van der Waals surface area contributed by atoms with Crippen LogP contribution in [0.25, 0.3) is 0 Å². The van der Waals surface area contributed by atoms with Gasteiger partial charge in [0, 0.05) is 0 Å². The third kappa shape index (κ3) is 5.12. The Balaban J connectivity index is 0.834. The molecule has 0 aromatic carbocycles. The molecule has 17 aliphatic rings. The average Bonchev–Trinajstić information content (AvgIpc) is 3.07. The zero-order valence-corrected chi connectivity index (χ0v) is 33.8. The molecular weight excluding hydrogens is 638 g/mol. The molecular formula is C48H74P2. The summed E-state index contributed by atoms with van der Waals surface area (Å²) in [5, 5.41) is 0. The van der Waals surface area contributed by atoms with E-state index in [4.69, 9.17) is 0 Å². The van der Waals surface area contributed by atoms with Gasteiger partial charge < -0.3 is 0 Å². The van der Waals surface area contributed by atoms with Crippen molar-refractivity contribution in [2.24, 2.45) is 107 Å². The molecule has 0 aromatic heterocycles. The van der Waals surface area contributed by atoms with Crippen molar-refractivity contribution in [2.45, 2.75) is 177 Å². The van der Waals surface area contributed by atoms with E-state index in [-0.39, 0.29) is 15.8 Å². The highest BCUT2D eigenvalue weighted by Gasteiger charge is 2.59. The van der Waals surface area contributed by atoms with Gasteiger partial charge in [-0.3, -0.25) is 0 Å². The van der Waals surface area contributed by atoms with Crippen molar-refractivity contribution in [3.05, 3.63) is 0 Å². The minimum Gasteiger partial charge on any atom is -0.0989 e. The molecule has 0 amide bonds. The maximum absolute atomic E-state index is 1.81. The van der Waals surface area contributed by atoms with Gasteiger partial charge in [-0.05, 0) is 283 Å². The van der Waals surface area contributed by atoms with E-state index in [2.05, 4.69) is 0 Å². The van der Waals surface area contributed by atoms with Crippen LogP contribution in [0, 0.1) is 107 Å². The largest absolute Gasteiger partial charge is 0.0989 e. The first-order chi connectivity index (χ1) is 24.6. The van der Waals surface area contributed by atoms with Crippen LogP contribution in [0.3, 0.4) is 0 Å². The minimum atomic E-state index is 0.224. The highest BCUT2D eigenvalue weighted by Crippen LogP contribution is 2.74. The fourth-order valence-electron chi connectivity index (χ4n) is 20.9. The molecule has 2 atom stereocenters. The summed E-state index contributed by atoms with van der Waals surface area (Å²) in [6.45, 7) is 0. The molecule has 0 heterocycles. The Morgan fingerprint density at radius 3 is 0.660 bits per heavy atom. The highest BCUT2D eigenvalue weighted by atomic mass is 31.1. The standard InChI is InChI=1S/C48H74P2/c1-2-4-36(26-50(47-41-17-31-7-32(19-41)20-42(47)18-31)48-43-21-33-8-34(23-43)24-44(48)22-33)35(3-1)25-49(45-37-9-27-5-28(11-37)12-38(45)10-27)46-39-13-29-6-30(15-39)16-40(46)14-29/h27-48H,1-26H2. The maximum atomic E-state index is 1.81. The first-order valence-electron chi connectivity index (χ1n) is 24.1. The molecule has 50 heavy (non-hydrogen) atoms. The number of rotatable bonds is 8. The predicted molar refractivity (Wildman–Crippen MR) is 212 cm³/mol. The topological polar surface area (TPSA) is 0 Å². The molecule has 17 aliphatic carbocycles. The lowest BCUT2D eigenvalue weighted by atomic mass is 9.55. The van der Waals surface area contributed by atoms with Crippen molar-refractivity contribution >= 4 is 15.8 Å². The van der Waals surface area contributed by atoms with Crippen LogP contribution in [-0.2, 0) is 0 Å². The molecule has 2 unspecified atom stereocenters. The fraction of sp³-hybridized carbons (Fsp3) is 1.00.